The topological polar surface area (TPSA) is 97.0 Å². The minimum absolute atomic E-state index is 0.0395. The molecule has 0 unspecified atom stereocenters. The molecule has 0 saturated heterocycles. The number of carbonyl (C=O) groups is 1. The summed E-state index contributed by atoms with van der Waals surface area (Å²) < 4.78 is 10.9. The Bertz CT molecular complexity index is 1060. The number of hydrogen-bond donors (Lipinski definition) is 2. The number of aromatic hydroxyl groups is 2. The summed E-state index contributed by atoms with van der Waals surface area (Å²) in [4.78, 5) is 24.2. The van der Waals surface area contributed by atoms with Gasteiger partial charge in [-0.05, 0) is 37.3 Å². The standard InChI is InChI=1S/C19H14O6/c1-10(2)19(23)25-14-6-4-3-5-12(14)18-17(22)16(21)13-9-11(20)7-8-15(13)24-18/h3-9,20,22H,1H2,2H3. The van der Waals surface area contributed by atoms with Gasteiger partial charge in [-0.25, -0.2) is 4.79 Å². The zero-order chi connectivity index (χ0) is 18.1. The van der Waals surface area contributed by atoms with Crippen LogP contribution in [0.15, 0.2) is 63.8 Å². The minimum Gasteiger partial charge on any atom is -0.508 e. The molecule has 6 heteroatoms. The molecule has 0 aliphatic heterocycles. The van der Waals surface area contributed by atoms with Crippen molar-refractivity contribution in [3.05, 3.63) is 64.8 Å². The Hall–Kier alpha value is -3.54. The summed E-state index contributed by atoms with van der Waals surface area (Å²) in [7, 11) is 0. The van der Waals surface area contributed by atoms with E-state index in [-0.39, 0.29) is 39.4 Å². The van der Waals surface area contributed by atoms with Crippen LogP contribution >= 0.6 is 0 Å². The summed E-state index contributed by atoms with van der Waals surface area (Å²) in [5.41, 5.74) is -0.0825. The number of esters is 1. The highest BCUT2D eigenvalue weighted by Gasteiger charge is 2.20. The first-order valence-electron chi connectivity index (χ1n) is 7.34. The van der Waals surface area contributed by atoms with Crippen LogP contribution in [0.1, 0.15) is 6.92 Å². The molecule has 0 amide bonds. The van der Waals surface area contributed by atoms with Crippen molar-refractivity contribution in [3.63, 3.8) is 0 Å². The van der Waals surface area contributed by atoms with Crippen LogP contribution in [0.3, 0.4) is 0 Å². The second kappa shape index (κ2) is 6.16. The maximum Gasteiger partial charge on any atom is 0.338 e. The van der Waals surface area contributed by atoms with E-state index in [1.54, 1.807) is 18.2 Å². The second-order valence-electron chi connectivity index (χ2n) is 5.46. The van der Waals surface area contributed by atoms with E-state index in [2.05, 4.69) is 6.58 Å². The van der Waals surface area contributed by atoms with Crippen molar-refractivity contribution in [2.75, 3.05) is 0 Å². The van der Waals surface area contributed by atoms with Gasteiger partial charge in [0.05, 0.1) is 10.9 Å². The molecular weight excluding hydrogens is 324 g/mol. The molecule has 0 saturated carbocycles. The second-order valence-corrected chi connectivity index (χ2v) is 5.46. The fraction of sp³-hybridized carbons (Fsp3) is 0.0526. The predicted octanol–water partition coefficient (Wildman–Crippen LogP) is 3.35. The van der Waals surface area contributed by atoms with Gasteiger partial charge in [-0.1, -0.05) is 18.7 Å². The largest absolute Gasteiger partial charge is 0.508 e. The third-order valence-electron chi connectivity index (χ3n) is 3.53. The molecule has 1 heterocycles. The first-order chi connectivity index (χ1) is 11.9. The number of phenols is 1. The number of rotatable bonds is 3. The van der Waals surface area contributed by atoms with Gasteiger partial charge in [-0.2, -0.15) is 0 Å². The van der Waals surface area contributed by atoms with Gasteiger partial charge in [0, 0.05) is 5.57 Å². The van der Waals surface area contributed by atoms with E-state index in [1.165, 1.54) is 31.2 Å². The SMILES string of the molecule is C=C(C)C(=O)Oc1ccccc1-c1oc2ccc(O)cc2c(=O)c1O. The van der Waals surface area contributed by atoms with Gasteiger partial charge in [0.25, 0.3) is 0 Å². The van der Waals surface area contributed by atoms with Crippen molar-refractivity contribution in [3.8, 4) is 28.6 Å². The van der Waals surface area contributed by atoms with Crippen molar-refractivity contribution in [2.45, 2.75) is 6.92 Å². The molecule has 3 rings (SSSR count). The lowest BCUT2D eigenvalue weighted by atomic mass is 10.1. The maximum absolute atomic E-state index is 12.4. The number of fused-ring (bicyclic) bond motifs is 1. The van der Waals surface area contributed by atoms with Gasteiger partial charge in [-0.15, -0.1) is 0 Å². The van der Waals surface area contributed by atoms with E-state index in [0.717, 1.165) is 0 Å². The average molecular weight is 338 g/mol. The molecule has 0 bridgehead atoms. The normalized spacial score (nSPS) is 10.6. The van der Waals surface area contributed by atoms with Crippen LogP contribution in [0.5, 0.6) is 17.2 Å². The fourth-order valence-electron chi connectivity index (χ4n) is 2.29. The minimum atomic E-state index is -0.701. The van der Waals surface area contributed by atoms with Crippen molar-refractivity contribution in [1.29, 1.82) is 0 Å². The van der Waals surface area contributed by atoms with E-state index in [1.807, 2.05) is 0 Å². The highest BCUT2D eigenvalue weighted by Crippen LogP contribution is 2.36. The molecule has 6 nitrogen and oxygen atoms in total. The lowest BCUT2D eigenvalue weighted by Gasteiger charge is -2.11. The maximum atomic E-state index is 12.4. The molecule has 1 aromatic heterocycles. The van der Waals surface area contributed by atoms with Crippen LogP contribution in [0.4, 0.5) is 0 Å². The quantitative estimate of drug-likeness (QED) is 0.432. The summed E-state index contributed by atoms with van der Waals surface area (Å²) in [6.45, 7) is 5.02. The number of benzene rings is 2. The van der Waals surface area contributed by atoms with Crippen LogP contribution in [0.25, 0.3) is 22.3 Å². The van der Waals surface area contributed by atoms with Gasteiger partial charge in [0.15, 0.2) is 5.76 Å². The van der Waals surface area contributed by atoms with Crippen molar-refractivity contribution < 1.29 is 24.2 Å². The van der Waals surface area contributed by atoms with Crippen LogP contribution in [0.2, 0.25) is 0 Å². The number of phenolic OH excluding ortho intramolecular Hbond substituents is 1. The Morgan fingerprint density at radius 3 is 2.60 bits per heavy atom. The van der Waals surface area contributed by atoms with Crippen molar-refractivity contribution >= 4 is 16.9 Å². The van der Waals surface area contributed by atoms with E-state index in [9.17, 15) is 19.8 Å². The molecule has 0 aliphatic rings. The van der Waals surface area contributed by atoms with Gasteiger partial charge in [0.2, 0.25) is 11.2 Å². The third kappa shape index (κ3) is 2.97. The van der Waals surface area contributed by atoms with Crippen LogP contribution < -0.4 is 10.2 Å². The Morgan fingerprint density at radius 2 is 1.88 bits per heavy atom. The summed E-state index contributed by atoms with van der Waals surface area (Å²) in [6.07, 6.45) is 0. The van der Waals surface area contributed by atoms with E-state index < -0.39 is 17.1 Å². The Kier molecular flexibility index (Phi) is 4.02. The van der Waals surface area contributed by atoms with E-state index >= 15 is 0 Å². The number of para-hydroxylation sites is 1. The number of ether oxygens (including phenoxy) is 1. The summed E-state index contributed by atoms with van der Waals surface area (Å²) in [5, 5.41) is 19.8. The molecule has 0 fully saturated rings. The molecule has 2 aromatic carbocycles. The molecule has 0 aliphatic carbocycles. The average Bonchev–Trinajstić information content (AvgIpc) is 2.59. The highest BCUT2D eigenvalue weighted by atomic mass is 16.5. The summed E-state index contributed by atoms with van der Waals surface area (Å²) in [6, 6.07) is 10.3. The smallest absolute Gasteiger partial charge is 0.338 e. The zero-order valence-corrected chi connectivity index (χ0v) is 13.3. The summed E-state index contributed by atoms with van der Waals surface area (Å²) >= 11 is 0. The highest BCUT2D eigenvalue weighted by molar-refractivity contribution is 5.90. The molecule has 0 spiro atoms. The van der Waals surface area contributed by atoms with Gasteiger partial charge >= 0.3 is 5.97 Å². The number of hydrogen-bond acceptors (Lipinski definition) is 6. The summed E-state index contributed by atoms with van der Waals surface area (Å²) in [5.74, 6) is -1.42. The van der Waals surface area contributed by atoms with Gasteiger partial charge < -0.3 is 19.4 Å². The third-order valence-corrected chi connectivity index (χ3v) is 3.53. The molecular formula is C19H14O6. The first kappa shape index (κ1) is 16.3. The molecule has 126 valence electrons. The Morgan fingerprint density at radius 1 is 1.16 bits per heavy atom. The zero-order valence-electron chi connectivity index (χ0n) is 13.3. The van der Waals surface area contributed by atoms with Crippen molar-refractivity contribution in [2.24, 2.45) is 0 Å². The molecule has 0 radical (unpaired) electrons. The predicted molar refractivity (Wildman–Crippen MR) is 91.7 cm³/mol. The molecule has 2 N–H and O–H groups in total. The monoisotopic (exact) mass is 338 g/mol. The number of carbonyl (C=O) groups excluding carboxylic acids is 1. The van der Waals surface area contributed by atoms with Crippen molar-refractivity contribution in [1.82, 2.24) is 0 Å². The van der Waals surface area contributed by atoms with Crippen LogP contribution in [0, 0.1) is 0 Å². The van der Waals surface area contributed by atoms with Crippen LogP contribution in [-0.2, 0) is 4.79 Å². The Labute approximate surface area is 142 Å². The van der Waals surface area contributed by atoms with Gasteiger partial charge in [0.1, 0.15) is 17.1 Å². The Balaban J connectivity index is 2.22. The lowest BCUT2D eigenvalue weighted by molar-refractivity contribution is -0.130. The molecule has 3 aromatic rings. The first-order valence-corrected chi connectivity index (χ1v) is 7.34. The fourth-order valence-corrected chi connectivity index (χ4v) is 2.29. The van der Waals surface area contributed by atoms with E-state index in [0.29, 0.717) is 0 Å². The van der Waals surface area contributed by atoms with E-state index in [4.69, 9.17) is 9.15 Å². The molecule has 0 atom stereocenters. The van der Waals surface area contributed by atoms with Gasteiger partial charge in [-0.3, -0.25) is 4.79 Å². The van der Waals surface area contributed by atoms with Crippen LogP contribution in [-0.4, -0.2) is 16.2 Å². The molecule has 25 heavy (non-hydrogen) atoms. The lowest BCUT2D eigenvalue weighted by Crippen LogP contribution is -2.09.